The maximum atomic E-state index is 14.0. The molecule has 0 N–H and O–H groups in total. The molecule has 1 atom stereocenters. The summed E-state index contributed by atoms with van der Waals surface area (Å²) in [5, 5.41) is 0. The van der Waals surface area contributed by atoms with Gasteiger partial charge in [0, 0.05) is 64.4 Å². The smallest absolute Gasteiger partial charge is 0.253 e. The first-order valence-electron chi connectivity index (χ1n) is 11.2. The van der Waals surface area contributed by atoms with E-state index in [4.69, 9.17) is 9.47 Å². The third-order valence-electron chi connectivity index (χ3n) is 7.10. The molecule has 3 aliphatic heterocycles. The van der Waals surface area contributed by atoms with E-state index in [2.05, 4.69) is 4.90 Å². The molecule has 2 amide bonds. The normalized spacial score (nSPS) is 24.3. The Morgan fingerprint density at radius 2 is 1.81 bits per heavy atom. The summed E-state index contributed by atoms with van der Waals surface area (Å²) in [5.41, 5.74) is 0.155. The number of rotatable bonds is 3. The van der Waals surface area contributed by atoms with Crippen molar-refractivity contribution in [1.82, 2.24) is 14.7 Å². The highest BCUT2D eigenvalue weighted by molar-refractivity contribution is 5.94. The molecule has 1 aromatic rings. The number of hydrogen-bond acceptors (Lipinski definition) is 5. The molecule has 0 radical (unpaired) electrons. The molecule has 3 saturated heterocycles. The Bertz CT molecular complexity index is 817. The molecule has 1 spiro atoms. The van der Waals surface area contributed by atoms with Gasteiger partial charge in [0.2, 0.25) is 5.91 Å². The zero-order valence-electron chi connectivity index (χ0n) is 18.4. The van der Waals surface area contributed by atoms with Crippen molar-refractivity contribution in [2.24, 2.45) is 0 Å². The van der Waals surface area contributed by atoms with Crippen LogP contribution in [0.2, 0.25) is 0 Å². The van der Waals surface area contributed by atoms with Crippen molar-refractivity contribution in [3.8, 4) is 5.75 Å². The van der Waals surface area contributed by atoms with Crippen molar-refractivity contribution in [2.45, 2.75) is 44.2 Å². The number of ether oxygens (including phenoxy) is 2. The largest absolute Gasteiger partial charge is 0.494 e. The first-order chi connectivity index (χ1) is 14.9. The lowest BCUT2D eigenvalue weighted by atomic mass is 9.81. The van der Waals surface area contributed by atoms with Gasteiger partial charge < -0.3 is 19.3 Å². The van der Waals surface area contributed by atoms with E-state index >= 15 is 0 Å². The summed E-state index contributed by atoms with van der Waals surface area (Å²) in [7, 11) is 1.41. The Morgan fingerprint density at radius 3 is 2.42 bits per heavy atom. The van der Waals surface area contributed by atoms with Gasteiger partial charge in [0.25, 0.3) is 5.91 Å². The van der Waals surface area contributed by atoms with E-state index in [1.165, 1.54) is 19.2 Å². The lowest BCUT2D eigenvalue weighted by molar-refractivity contribution is -0.139. The number of methoxy groups -OCH3 is 1. The predicted molar refractivity (Wildman–Crippen MR) is 114 cm³/mol. The quantitative estimate of drug-likeness (QED) is 0.731. The molecule has 3 heterocycles. The number of nitrogens with zero attached hydrogens (tertiary/aromatic N) is 3. The van der Waals surface area contributed by atoms with Crippen molar-refractivity contribution in [1.29, 1.82) is 0 Å². The zero-order valence-corrected chi connectivity index (χ0v) is 18.4. The number of piperidine rings is 1. The Balaban J connectivity index is 1.33. The van der Waals surface area contributed by atoms with Crippen LogP contribution in [0.5, 0.6) is 5.75 Å². The highest BCUT2D eigenvalue weighted by atomic mass is 19.1. The molecular formula is C23H32FN3O4. The van der Waals surface area contributed by atoms with E-state index < -0.39 is 5.82 Å². The van der Waals surface area contributed by atoms with Gasteiger partial charge in [0.1, 0.15) is 0 Å². The van der Waals surface area contributed by atoms with Crippen LogP contribution in [0, 0.1) is 5.82 Å². The first kappa shape index (κ1) is 22.0. The van der Waals surface area contributed by atoms with Gasteiger partial charge in [0.15, 0.2) is 11.6 Å². The second-order valence-corrected chi connectivity index (χ2v) is 8.86. The SMILES string of the molecule is COc1ccc(C(=O)N2CCC3(CC2)C[C@H](N2CCN(C(C)=O)CC2)CCO3)cc1F. The highest BCUT2D eigenvalue weighted by Crippen LogP contribution is 2.37. The molecule has 0 aliphatic carbocycles. The second kappa shape index (κ2) is 9.12. The lowest BCUT2D eigenvalue weighted by Crippen LogP contribution is -2.57. The summed E-state index contributed by atoms with van der Waals surface area (Å²) in [5.74, 6) is -0.383. The minimum atomic E-state index is -0.523. The minimum absolute atomic E-state index is 0.139. The maximum Gasteiger partial charge on any atom is 0.253 e. The van der Waals surface area contributed by atoms with E-state index in [0.29, 0.717) is 24.7 Å². The van der Waals surface area contributed by atoms with Crippen LogP contribution in [0.4, 0.5) is 4.39 Å². The van der Waals surface area contributed by atoms with Crippen molar-refractivity contribution in [2.75, 3.05) is 53.0 Å². The van der Waals surface area contributed by atoms with Crippen LogP contribution in [0.25, 0.3) is 0 Å². The van der Waals surface area contributed by atoms with Gasteiger partial charge in [-0.3, -0.25) is 14.5 Å². The van der Waals surface area contributed by atoms with Crippen molar-refractivity contribution >= 4 is 11.8 Å². The van der Waals surface area contributed by atoms with Gasteiger partial charge in [-0.05, 0) is 43.9 Å². The van der Waals surface area contributed by atoms with Gasteiger partial charge >= 0.3 is 0 Å². The Kier molecular flexibility index (Phi) is 6.48. The van der Waals surface area contributed by atoms with Gasteiger partial charge in [-0.25, -0.2) is 4.39 Å². The molecule has 0 bridgehead atoms. The molecule has 0 saturated carbocycles. The average molecular weight is 434 g/mol. The van der Waals surface area contributed by atoms with E-state index in [-0.39, 0.29) is 23.2 Å². The number of benzene rings is 1. The lowest BCUT2D eigenvalue weighted by Gasteiger charge is -2.49. The fourth-order valence-corrected chi connectivity index (χ4v) is 5.16. The zero-order chi connectivity index (χ0) is 22.0. The molecule has 0 aromatic heterocycles. The molecular weight excluding hydrogens is 401 g/mol. The van der Waals surface area contributed by atoms with Crippen molar-refractivity contribution in [3.05, 3.63) is 29.6 Å². The summed E-state index contributed by atoms with van der Waals surface area (Å²) < 4.78 is 25.2. The third-order valence-corrected chi connectivity index (χ3v) is 7.10. The van der Waals surface area contributed by atoms with Gasteiger partial charge in [-0.2, -0.15) is 0 Å². The fraction of sp³-hybridized carbons (Fsp3) is 0.652. The van der Waals surface area contributed by atoms with Gasteiger partial charge in [0.05, 0.1) is 12.7 Å². The number of amides is 2. The number of carbonyl (C=O) groups excluding carboxylic acids is 2. The van der Waals surface area contributed by atoms with Crippen molar-refractivity contribution < 1.29 is 23.5 Å². The summed E-state index contributed by atoms with van der Waals surface area (Å²) in [6, 6.07) is 4.82. The van der Waals surface area contributed by atoms with Crippen LogP contribution < -0.4 is 4.74 Å². The predicted octanol–water partition coefficient (Wildman–Crippen LogP) is 2.15. The Morgan fingerprint density at radius 1 is 1.10 bits per heavy atom. The number of likely N-dealkylation sites (tertiary alicyclic amines) is 1. The van der Waals surface area contributed by atoms with E-state index in [1.54, 1.807) is 17.9 Å². The standard InChI is InChI=1S/C23H32FN3O4/c1-17(28)25-10-12-26(13-11-25)19-5-14-31-23(16-19)6-8-27(9-7-23)22(29)18-3-4-21(30-2)20(24)15-18/h3-4,15,19H,5-14,16H2,1-2H3/t19-/m1/s1. The monoisotopic (exact) mass is 433 g/mol. The summed E-state index contributed by atoms with van der Waals surface area (Å²) >= 11 is 0. The summed E-state index contributed by atoms with van der Waals surface area (Å²) in [6.45, 7) is 6.99. The highest BCUT2D eigenvalue weighted by Gasteiger charge is 2.43. The van der Waals surface area contributed by atoms with Crippen LogP contribution in [0.15, 0.2) is 18.2 Å². The molecule has 3 aliphatic rings. The van der Waals surface area contributed by atoms with Crippen LogP contribution in [0.3, 0.4) is 0 Å². The van der Waals surface area contributed by atoms with Crippen molar-refractivity contribution in [3.63, 3.8) is 0 Å². The molecule has 31 heavy (non-hydrogen) atoms. The van der Waals surface area contributed by atoms with Crippen LogP contribution in [0.1, 0.15) is 43.0 Å². The van der Waals surface area contributed by atoms with Gasteiger partial charge in [-0.1, -0.05) is 0 Å². The van der Waals surface area contributed by atoms with E-state index in [1.807, 2.05) is 4.90 Å². The molecule has 3 fully saturated rings. The summed E-state index contributed by atoms with van der Waals surface area (Å²) in [6.07, 6.45) is 3.56. The number of halogens is 1. The fourth-order valence-electron chi connectivity index (χ4n) is 5.16. The molecule has 1 aromatic carbocycles. The van der Waals surface area contributed by atoms with Crippen LogP contribution in [-0.4, -0.2) is 91.1 Å². The van der Waals surface area contributed by atoms with Crippen LogP contribution >= 0.6 is 0 Å². The van der Waals surface area contributed by atoms with Crippen LogP contribution in [-0.2, 0) is 9.53 Å². The maximum absolute atomic E-state index is 14.0. The third kappa shape index (κ3) is 4.70. The number of hydrogen-bond donors (Lipinski definition) is 0. The Labute approximate surface area is 183 Å². The molecule has 0 unspecified atom stereocenters. The number of carbonyl (C=O) groups is 2. The second-order valence-electron chi connectivity index (χ2n) is 8.86. The molecule has 170 valence electrons. The topological polar surface area (TPSA) is 62.3 Å². The minimum Gasteiger partial charge on any atom is -0.494 e. The summed E-state index contributed by atoms with van der Waals surface area (Å²) in [4.78, 5) is 30.7. The first-order valence-corrected chi connectivity index (χ1v) is 11.2. The average Bonchev–Trinajstić information content (AvgIpc) is 2.79. The van der Waals surface area contributed by atoms with Gasteiger partial charge in [-0.15, -0.1) is 0 Å². The molecule has 4 rings (SSSR count). The van der Waals surface area contributed by atoms with E-state index in [9.17, 15) is 14.0 Å². The van der Waals surface area contributed by atoms with E-state index in [0.717, 1.165) is 58.5 Å². The Hall–Kier alpha value is -2.19. The molecule has 7 nitrogen and oxygen atoms in total. The number of piperazine rings is 1. The molecule has 8 heteroatoms.